The number of aryl methyl sites for hydroxylation is 1. The van der Waals surface area contributed by atoms with Crippen LogP contribution in [0.25, 0.3) is 11.6 Å². The molecule has 0 bridgehead atoms. The first-order chi connectivity index (χ1) is 10.9. The number of imidazole rings is 1. The molecule has 5 nitrogen and oxygen atoms in total. The first-order valence-electron chi connectivity index (χ1n) is 6.83. The number of nitrogens with zero attached hydrogens (tertiary/aromatic N) is 1. The summed E-state index contributed by atoms with van der Waals surface area (Å²) in [6.45, 7) is 1.92. The van der Waals surface area contributed by atoms with Crippen molar-refractivity contribution in [3.63, 3.8) is 0 Å². The number of nitrogens with one attached hydrogen (secondary N) is 2. The summed E-state index contributed by atoms with van der Waals surface area (Å²) >= 11 is 0. The van der Waals surface area contributed by atoms with Gasteiger partial charge in [0.2, 0.25) is 0 Å². The Morgan fingerprint density at radius 3 is 2.78 bits per heavy atom. The lowest BCUT2D eigenvalue weighted by Gasteiger charge is -2.09. The summed E-state index contributed by atoms with van der Waals surface area (Å²) < 4.78 is 40.9. The van der Waals surface area contributed by atoms with E-state index in [0.717, 1.165) is 11.9 Å². The number of carbonyl (C=O) groups is 1. The summed E-state index contributed by atoms with van der Waals surface area (Å²) in [6.07, 6.45) is -0.971. The molecule has 2 heterocycles. The molecule has 0 fully saturated rings. The maximum Gasteiger partial charge on any atom is 0.573 e. The summed E-state index contributed by atoms with van der Waals surface area (Å²) in [5.41, 5.74) is 1.64. The molecule has 1 aromatic heterocycles. The molecule has 8 heteroatoms. The van der Waals surface area contributed by atoms with E-state index in [4.69, 9.17) is 0 Å². The van der Waals surface area contributed by atoms with E-state index in [2.05, 4.69) is 20.0 Å². The second-order valence-electron chi connectivity index (χ2n) is 4.91. The fraction of sp³-hybridized carbons (Fsp3) is 0.200. The second kappa shape index (κ2) is 5.45. The Morgan fingerprint density at radius 2 is 2.13 bits per heavy atom. The van der Waals surface area contributed by atoms with Gasteiger partial charge in [-0.1, -0.05) is 6.92 Å². The van der Waals surface area contributed by atoms with Crippen molar-refractivity contribution in [1.82, 2.24) is 9.97 Å². The SMILES string of the molecule is CCc1ncc(/C=C2\C(=O)Nc3ccc(OC(F)(F)F)cc32)[nH]1. The summed E-state index contributed by atoms with van der Waals surface area (Å²) in [5, 5.41) is 2.60. The van der Waals surface area contributed by atoms with E-state index < -0.39 is 12.3 Å². The van der Waals surface area contributed by atoms with E-state index in [1.165, 1.54) is 12.1 Å². The minimum Gasteiger partial charge on any atom is -0.406 e. The average molecular weight is 323 g/mol. The lowest BCUT2D eigenvalue weighted by molar-refractivity contribution is -0.274. The number of benzene rings is 1. The Kier molecular flexibility index (Phi) is 3.59. The Hall–Kier alpha value is -2.77. The minimum absolute atomic E-state index is 0.249. The van der Waals surface area contributed by atoms with Crippen LogP contribution >= 0.6 is 0 Å². The molecule has 1 aliphatic rings. The fourth-order valence-electron chi connectivity index (χ4n) is 2.29. The number of alkyl halides is 3. The summed E-state index contributed by atoms with van der Waals surface area (Å²) in [5.74, 6) is -0.0149. The predicted octanol–water partition coefficient (Wildman–Crippen LogP) is 3.36. The van der Waals surface area contributed by atoms with Gasteiger partial charge in [-0.15, -0.1) is 13.2 Å². The number of aromatic amines is 1. The van der Waals surface area contributed by atoms with E-state index in [1.54, 1.807) is 12.3 Å². The number of carbonyl (C=O) groups excluding carboxylic acids is 1. The van der Waals surface area contributed by atoms with Crippen LogP contribution in [0.3, 0.4) is 0 Å². The third-order valence-electron chi connectivity index (χ3n) is 3.29. The second-order valence-corrected chi connectivity index (χ2v) is 4.91. The van der Waals surface area contributed by atoms with Crippen LogP contribution < -0.4 is 10.1 Å². The summed E-state index contributed by atoms with van der Waals surface area (Å²) in [7, 11) is 0. The molecule has 1 amide bonds. The minimum atomic E-state index is -4.78. The lowest BCUT2D eigenvalue weighted by Crippen LogP contribution is -2.17. The van der Waals surface area contributed by atoms with Gasteiger partial charge in [0, 0.05) is 17.7 Å². The van der Waals surface area contributed by atoms with Crippen molar-refractivity contribution in [3.8, 4) is 5.75 Å². The van der Waals surface area contributed by atoms with Crippen molar-refractivity contribution < 1.29 is 22.7 Å². The van der Waals surface area contributed by atoms with Gasteiger partial charge in [-0.2, -0.15) is 0 Å². The van der Waals surface area contributed by atoms with Gasteiger partial charge >= 0.3 is 6.36 Å². The van der Waals surface area contributed by atoms with E-state index in [0.29, 0.717) is 23.4 Å². The highest BCUT2D eigenvalue weighted by Crippen LogP contribution is 2.36. The van der Waals surface area contributed by atoms with Gasteiger partial charge in [0.05, 0.1) is 17.5 Å². The average Bonchev–Trinajstić information content (AvgIpc) is 3.03. The molecular formula is C15H12F3N3O2. The maximum absolute atomic E-state index is 12.3. The molecule has 1 aromatic carbocycles. The van der Waals surface area contributed by atoms with E-state index in [9.17, 15) is 18.0 Å². The van der Waals surface area contributed by atoms with E-state index in [1.807, 2.05) is 6.92 Å². The smallest absolute Gasteiger partial charge is 0.406 e. The number of fused-ring (bicyclic) bond motifs is 1. The maximum atomic E-state index is 12.3. The van der Waals surface area contributed by atoms with Crippen LogP contribution in [0.4, 0.5) is 18.9 Å². The third kappa shape index (κ3) is 3.20. The van der Waals surface area contributed by atoms with Crippen LogP contribution in [0.15, 0.2) is 24.4 Å². The highest BCUT2D eigenvalue weighted by molar-refractivity contribution is 6.34. The third-order valence-corrected chi connectivity index (χ3v) is 3.29. The van der Waals surface area contributed by atoms with Crippen LogP contribution in [-0.2, 0) is 11.2 Å². The van der Waals surface area contributed by atoms with Gasteiger partial charge < -0.3 is 15.0 Å². The van der Waals surface area contributed by atoms with Crippen LogP contribution in [0.2, 0.25) is 0 Å². The molecule has 0 saturated carbocycles. The van der Waals surface area contributed by atoms with Gasteiger partial charge in [-0.3, -0.25) is 4.79 Å². The van der Waals surface area contributed by atoms with Crippen LogP contribution in [0, 0.1) is 0 Å². The normalized spacial score (nSPS) is 15.7. The molecule has 0 aliphatic carbocycles. The molecule has 120 valence electrons. The number of H-pyrrole nitrogens is 1. The van der Waals surface area contributed by atoms with Crippen molar-refractivity contribution in [1.29, 1.82) is 0 Å². The number of aromatic nitrogens is 2. The Labute approximate surface area is 129 Å². The van der Waals surface area contributed by atoms with Crippen molar-refractivity contribution in [3.05, 3.63) is 41.5 Å². The van der Waals surface area contributed by atoms with Gasteiger partial charge in [0.25, 0.3) is 5.91 Å². The molecule has 1 aliphatic heterocycles. The monoisotopic (exact) mass is 323 g/mol. The first-order valence-corrected chi connectivity index (χ1v) is 6.83. The van der Waals surface area contributed by atoms with Crippen LogP contribution in [0.5, 0.6) is 5.75 Å². The number of anilines is 1. The van der Waals surface area contributed by atoms with E-state index >= 15 is 0 Å². The predicted molar refractivity (Wildman–Crippen MR) is 77.6 cm³/mol. The van der Waals surface area contributed by atoms with Crippen molar-refractivity contribution in [2.24, 2.45) is 0 Å². The van der Waals surface area contributed by atoms with Gasteiger partial charge in [0.1, 0.15) is 11.6 Å². The number of amides is 1. The summed E-state index contributed by atoms with van der Waals surface area (Å²) in [4.78, 5) is 19.2. The highest BCUT2D eigenvalue weighted by atomic mass is 19.4. The fourth-order valence-corrected chi connectivity index (χ4v) is 2.29. The van der Waals surface area contributed by atoms with Crippen LogP contribution in [0.1, 0.15) is 24.0 Å². The zero-order valence-electron chi connectivity index (χ0n) is 12.0. The molecule has 0 unspecified atom stereocenters. The molecule has 0 radical (unpaired) electrons. The van der Waals surface area contributed by atoms with Crippen LogP contribution in [-0.4, -0.2) is 22.2 Å². The number of hydrogen-bond donors (Lipinski definition) is 2. The van der Waals surface area contributed by atoms with Gasteiger partial charge in [-0.25, -0.2) is 4.98 Å². The summed E-state index contributed by atoms with van der Waals surface area (Å²) in [6, 6.07) is 3.71. The molecule has 0 spiro atoms. The zero-order chi connectivity index (χ0) is 16.6. The highest BCUT2D eigenvalue weighted by Gasteiger charge is 2.32. The number of rotatable bonds is 3. The molecular weight excluding hydrogens is 311 g/mol. The Morgan fingerprint density at radius 1 is 1.35 bits per heavy atom. The number of hydrogen-bond acceptors (Lipinski definition) is 3. The molecule has 23 heavy (non-hydrogen) atoms. The van der Waals surface area contributed by atoms with Crippen molar-refractivity contribution >= 4 is 23.2 Å². The van der Waals surface area contributed by atoms with Gasteiger partial charge in [-0.05, 0) is 24.3 Å². The molecule has 2 aromatic rings. The first kappa shape index (κ1) is 15.1. The topological polar surface area (TPSA) is 67.0 Å². The standard InChI is InChI=1S/C15H12F3N3O2/c1-2-13-19-7-8(20-13)5-11-10-6-9(23-15(16,17)18)3-4-12(10)21-14(11)22/h3-7H,2H2,1H3,(H,19,20)(H,21,22)/b11-5-. The molecule has 0 atom stereocenters. The molecule has 0 saturated heterocycles. The van der Waals surface area contributed by atoms with Crippen molar-refractivity contribution in [2.75, 3.05) is 5.32 Å². The molecule has 2 N–H and O–H groups in total. The Balaban J connectivity index is 1.98. The number of halogens is 3. The van der Waals surface area contributed by atoms with E-state index in [-0.39, 0.29) is 11.3 Å². The largest absolute Gasteiger partial charge is 0.573 e. The van der Waals surface area contributed by atoms with Crippen molar-refractivity contribution in [2.45, 2.75) is 19.7 Å². The lowest BCUT2D eigenvalue weighted by atomic mass is 10.1. The Bertz CT molecular complexity index is 794. The molecule has 3 rings (SSSR count). The van der Waals surface area contributed by atoms with Gasteiger partial charge in [0.15, 0.2) is 0 Å². The zero-order valence-corrected chi connectivity index (χ0v) is 12.0. The number of ether oxygens (including phenoxy) is 1. The quantitative estimate of drug-likeness (QED) is 0.851.